The molecule has 3 nitrogen and oxygen atoms in total. The summed E-state index contributed by atoms with van der Waals surface area (Å²) in [5.41, 5.74) is 4.29. The van der Waals surface area contributed by atoms with Gasteiger partial charge in [0.15, 0.2) is 0 Å². The Labute approximate surface area is 104 Å². The van der Waals surface area contributed by atoms with Crippen molar-refractivity contribution in [2.24, 2.45) is 0 Å². The van der Waals surface area contributed by atoms with Crippen LogP contribution in [0.2, 0.25) is 0 Å². The molecule has 0 fully saturated rings. The molecule has 0 saturated heterocycles. The summed E-state index contributed by atoms with van der Waals surface area (Å²) in [6.45, 7) is 0. The second-order valence-electron chi connectivity index (χ2n) is 4.15. The van der Waals surface area contributed by atoms with E-state index in [1.54, 1.807) is 24.3 Å². The third kappa shape index (κ3) is 1.36. The van der Waals surface area contributed by atoms with Crippen LogP contribution in [0.3, 0.4) is 0 Å². The van der Waals surface area contributed by atoms with Gasteiger partial charge in [-0.25, -0.2) is 0 Å². The van der Waals surface area contributed by atoms with Gasteiger partial charge >= 0.3 is 0 Å². The van der Waals surface area contributed by atoms with Gasteiger partial charge in [0.05, 0.1) is 6.07 Å². The molecular formula is C15H9NO2. The lowest BCUT2D eigenvalue weighted by atomic mass is 10.0. The molecule has 0 bridgehead atoms. The monoisotopic (exact) mass is 235 g/mol. The van der Waals surface area contributed by atoms with Crippen molar-refractivity contribution < 1.29 is 10.2 Å². The van der Waals surface area contributed by atoms with Crippen molar-refractivity contribution in [2.75, 3.05) is 0 Å². The van der Waals surface area contributed by atoms with E-state index < -0.39 is 0 Å². The second kappa shape index (κ2) is 3.64. The zero-order chi connectivity index (χ0) is 12.7. The second-order valence-corrected chi connectivity index (χ2v) is 4.15. The minimum atomic E-state index is 0.162. The van der Waals surface area contributed by atoms with E-state index >= 15 is 0 Å². The molecule has 3 heteroatoms. The Hall–Kier alpha value is -2.73. The first-order valence-electron chi connectivity index (χ1n) is 5.47. The van der Waals surface area contributed by atoms with Crippen molar-refractivity contribution in [1.82, 2.24) is 0 Å². The third-order valence-electron chi connectivity index (χ3n) is 3.09. The Morgan fingerprint density at radius 2 is 1.33 bits per heavy atom. The molecule has 0 unspecified atom stereocenters. The first-order valence-corrected chi connectivity index (χ1v) is 5.47. The summed E-state index contributed by atoms with van der Waals surface area (Å²) in [6.07, 6.45) is 1.43. The number of aromatic hydroxyl groups is 2. The minimum absolute atomic E-state index is 0.162. The first-order chi connectivity index (χ1) is 8.70. The van der Waals surface area contributed by atoms with Crippen molar-refractivity contribution in [2.45, 2.75) is 0 Å². The fraction of sp³-hybridized carbons (Fsp3) is 0. The summed E-state index contributed by atoms with van der Waals surface area (Å²) in [5.74, 6) is 0.323. The fourth-order valence-corrected chi connectivity index (χ4v) is 2.35. The molecule has 18 heavy (non-hydrogen) atoms. The molecule has 0 heterocycles. The average Bonchev–Trinajstić information content (AvgIpc) is 2.63. The molecule has 2 aromatic rings. The molecule has 0 atom stereocenters. The van der Waals surface area contributed by atoms with Gasteiger partial charge in [-0.05, 0) is 46.5 Å². The van der Waals surface area contributed by atoms with Crippen LogP contribution in [0, 0.1) is 11.3 Å². The molecule has 0 aliphatic heterocycles. The normalized spacial score (nSPS) is 11.6. The highest BCUT2D eigenvalue weighted by Crippen LogP contribution is 2.46. The van der Waals surface area contributed by atoms with E-state index in [-0.39, 0.29) is 11.5 Å². The lowest BCUT2D eigenvalue weighted by Crippen LogP contribution is -1.80. The molecule has 0 radical (unpaired) electrons. The van der Waals surface area contributed by atoms with Crippen LogP contribution in [0.25, 0.3) is 16.7 Å². The van der Waals surface area contributed by atoms with Crippen LogP contribution < -0.4 is 0 Å². The topological polar surface area (TPSA) is 64.2 Å². The standard InChI is InChI=1S/C15H9NO2/c16-6-5-13-14-7-9(17)1-3-11(14)12-4-2-10(18)8-15(12)13/h1-5,7-8,17-18H. The molecule has 0 saturated carbocycles. The molecule has 3 rings (SSSR count). The van der Waals surface area contributed by atoms with E-state index in [1.807, 2.05) is 18.2 Å². The highest BCUT2D eigenvalue weighted by atomic mass is 16.3. The molecule has 0 spiro atoms. The van der Waals surface area contributed by atoms with Gasteiger partial charge in [-0.2, -0.15) is 5.26 Å². The highest BCUT2D eigenvalue weighted by molar-refractivity contribution is 6.02. The van der Waals surface area contributed by atoms with Crippen LogP contribution in [0.5, 0.6) is 11.5 Å². The maximum atomic E-state index is 9.56. The van der Waals surface area contributed by atoms with E-state index in [1.165, 1.54) is 6.08 Å². The lowest BCUT2D eigenvalue weighted by Gasteiger charge is -2.00. The maximum absolute atomic E-state index is 9.56. The quantitative estimate of drug-likeness (QED) is 0.588. The number of benzene rings is 2. The fourth-order valence-electron chi connectivity index (χ4n) is 2.35. The van der Waals surface area contributed by atoms with E-state index in [4.69, 9.17) is 5.26 Å². The van der Waals surface area contributed by atoms with Crippen molar-refractivity contribution >= 4 is 5.57 Å². The van der Waals surface area contributed by atoms with Gasteiger partial charge in [-0.1, -0.05) is 12.1 Å². The van der Waals surface area contributed by atoms with Crippen molar-refractivity contribution in [3.8, 4) is 28.7 Å². The average molecular weight is 235 g/mol. The summed E-state index contributed by atoms with van der Waals surface area (Å²) in [6, 6.07) is 12.1. The molecule has 0 aromatic heterocycles. The predicted molar refractivity (Wildman–Crippen MR) is 67.9 cm³/mol. The zero-order valence-corrected chi connectivity index (χ0v) is 9.38. The summed E-state index contributed by atoms with van der Waals surface area (Å²) in [7, 11) is 0. The summed E-state index contributed by atoms with van der Waals surface area (Å²) >= 11 is 0. The Morgan fingerprint density at radius 1 is 0.833 bits per heavy atom. The van der Waals surface area contributed by atoms with Gasteiger partial charge in [0.2, 0.25) is 0 Å². The number of fused-ring (bicyclic) bond motifs is 3. The molecule has 1 aliphatic carbocycles. The molecule has 86 valence electrons. The largest absolute Gasteiger partial charge is 0.508 e. The number of hydrogen-bond acceptors (Lipinski definition) is 3. The van der Waals surface area contributed by atoms with Crippen LogP contribution in [-0.2, 0) is 0 Å². The van der Waals surface area contributed by atoms with Gasteiger partial charge in [-0.3, -0.25) is 0 Å². The molecular weight excluding hydrogens is 226 g/mol. The SMILES string of the molecule is N#CC=C1c2cc(O)ccc2-c2ccc(O)cc21. The maximum Gasteiger partial charge on any atom is 0.116 e. The number of rotatable bonds is 0. The van der Waals surface area contributed by atoms with Gasteiger partial charge in [0.1, 0.15) is 11.5 Å². The summed E-state index contributed by atoms with van der Waals surface area (Å²) < 4.78 is 0. The van der Waals surface area contributed by atoms with Gasteiger partial charge < -0.3 is 10.2 Å². The Morgan fingerprint density at radius 3 is 1.78 bits per heavy atom. The molecule has 2 aromatic carbocycles. The minimum Gasteiger partial charge on any atom is -0.508 e. The van der Waals surface area contributed by atoms with Gasteiger partial charge in [0, 0.05) is 11.6 Å². The first kappa shape index (κ1) is 10.4. The third-order valence-corrected chi connectivity index (χ3v) is 3.09. The van der Waals surface area contributed by atoms with Crippen molar-refractivity contribution in [1.29, 1.82) is 5.26 Å². The number of nitrogens with zero attached hydrogens (tertiary/aromatic N) is 1. The van der Waals surface area contributed by atoms with Crippen LogP contribution >= 0.6 is 0 Å². The smallest absolute Gasteiger partial charge is 0.116 e. The van der Waals surface area contributed by atoms with Crippen molar-refractivity contribution in [3.63, 3.8) is 0 Å². The summed E-state index contributed by atoms with van der Waals surface area (Å²) in [4.78, 5) is 0. The van der Waals surface area contributed by atoms with Crippen LogP contribution in [0.4, 0.5) is 0 Å². The van der Waals surface area contributed by atoms with Crippen LogP contribution in [0.1, 0.15) is 11.1 Å². The molecule has 2 N–H and O–H groups in total. The number of phenols is 2. The zero-order valence-electron chi connectivity index (χ0n) is 9.38. The van der Waals surface area contributed by atoms with Crippen molar-refractivity contribution in [3.05, 3.63) is 53.6 Å². The number of allylic oxidation sites excluding steroid dienone is 1. The Balaban J connectivity index is 2.38. The molecule has 1 aliphatic rings. The number of phenolic OH excluding ortho intramolecular Hbond substituents is 2. The predicted octanol–water partition coefficient (Wildman–Crippen LogP) is 3.03. The van der Waals surface area contributed by atoms with E-state index in [0.717, 1.165) is 27.8 Å². The van der Waals surface area contributed by atoms with Crippen LogP contribution in [-0.4, -0.2) is 10.2 Å². The van der Waals surface area contributed by atoms with E-state index in [2.05, 4.69) is 0 Å². The van der Waals surface area contributed by atoms with Crippen LogP contribution in [0.15, 0.2) is 42.5 Å². The summed E-state index contributed by atoms with van der Waals surface area (Å²) in [5, 5.41) is 28.0. The Kier molecular flexibility index (Phi) is 2.11. The highest BCUT2D eigenvalue weighted by Gasteiger charge is 2.23. The van der Waals surface area contributed by atoms with Gasteiger partial charge in [-0.15, -0.1) is 0 Å². The van der Waals surface area contributed by atoms with Gasteiger partial charge in [0.25, 0.3) is 0 Å². The number of hydrogen-bond donors (Lipinski definition) is 2. The number of nitriles is 1. The molecule has 0 amide bonds. The lowest BCUT2D eigenvalue weighted by molar-refractivity contribution is 0.475. The van der Waals surface area contributed by atoms with E-state index in [0.29, 0.717) is 0 Å². The van der Waals surface area contributed by atoms with E-state index in [9.17, 15) is 10.2 Å². The Bertz CT molecular complexity index is 670.